The molecule has 4 rings (SSSR count). The summed E-state index contributed by atoms with van der Waals surface area (Å²) in [5, 5.41) is 11.4. The Morgan fingerprint density at radius 2 is 1.67 bits per heavy atom. The van der Waals surface area contributed by atoms with Crippen molar-refractivity contribution >= 4 is 28.8 Å². The maximum Gasteiger partial charge on any atom is 0.300 e. The molecule has 1 amide bonds. The maximum absolute atomic E-state index is 13.5. The minimum absolute atomic E-state index is 0.0613. The Kier molecular flexibility index (Phi) is 7.15. The number of carbonyl (C=O) groups excluding carboxylic acids is 2. The molecule has 1 N–H and O–H groups in total. The van der Waals surface area contributed by atoms with E-state index in [4.69, 9.17) is 4.74 Å². The van der Waals surface area contributed by atoms with Gasteiger partial charge >= 0.3 is 0 Å². The van der Waals surface area contributed by atoms with Crippen molar-refractivity contribution in [2.45, 2.75) is 33.2 Å². The number of carbonyl (C=O) groups is 2. The molecule has 186 valence electrons. The van der Waals surface area contributed by atoms with Gasteiger partial charge in [-0.3, -0.25) is 14.5 Å². The Labute approximate surface area is 212 Å². The smallest absolute Gasteiger partial charge is 0.300 e. The predicted molar refractivity (Wildman–Crippen MR) is 144 cm³/mol. The van der Waals surface area contributed by atoms with Crippen LogP contribution in [0.1, 0.15) is 41.6 Å². The third kappa shape index (κ3) is 4.59. The molecule has 0 aromatic heterocycles. The topological polar surface area (TPSA) is 70.1 Å². The third-order valence-electron chi connectivity index (χ3n) is 6.54. The van der Waals surface area contributed by atoms with E-state index in [0.29, 0.717) is 23.6 Å². The number of para-hydroxylation sites is 2. The number of rotatable bonds is 7. The number of aryl methyl sites for hydroxylation is 2. The van der Waals surface area contributed by atoms with Gasteiger partial charge < -0.3 is 14.7 Å². The van der Waals surface area contributed by atoms with Crippen LogP contribution in [0.5, 0.6) is 5.75 Å². The lowest BCUT2D eigenvalue weighted by molar-refractivity contribution is -0.132. The van der Waals surface area contributed by atoms with Gasteiger partial charge in [0.15, 0.2) is 0 Å². The number of hydrogen-bond donors (Lipinski definition) is 1. The van der Waals surface area contributed by atoms with Gasteiger partial charge in [0.25, 0.3) is 11.7 Å². The summed E-state index contributed by atoms with van der Waals surface area (Å²) in [4.78, 5) is 30.4. The van der Waals surface area contributed by atoms with Crippen LogP contribution in [0.2, 0.25) is 0 Å². The molecule has 1 aliphatic heterocycles. The number of Topliss-reactive ketones (excluding diaryl/α,β-unsaturated/α-hetero) is 1. The fourth-order valence-electron chi connectivity index (χ4n) is 4.39. The van der Waals surface area contributed by atoms with Crippen LogP contribution in [0.25, 0.3) is 5.76 Å². The Balaban J connectivity index is 1.94. The molecule has 0 bridgehead atoms. The van der Waals surface area contributed by atoms with E-state index in [1.807, 2.05) is 88.3 Å². The van der Waals surface area contributed by atoms with E-state index in [-0.39, 0.29) is 11.3 Å². The fraction of sp³-hybridized carbons (Fsp3) is 0.267. The zero-order valence-corrected chi connectivity index (χ0v) is 21.4. The summed E-state index contributed by atoms with van der Waals surface area (Å²) in [6.45, 7) is 6.41. The molecule has 0 aliphatic carbocycles. The third-order valence-corrected chi connectivity index (χ3v) is 6.54. The molecule has 1 atom stereocenters. The van der Waals surface area contributed by atoms with Crippen LogP contribution in [0.3, 0.4) is 0 Å². The van der Waals surface area contributed by atoms with E-state index >= 15 is 0 Å². The van der Waals surface area contributed by atoms with Crippen molar-refractivity contribution in [3.05, 3.63) is 94.6 Å². The van der Waals surface area contributed by atoms with Crippen molar-refractivity contribution < 1.29 is 19.4 Å². The average molecular weight is 485 g/mol. The highest BCUT2D eigenvalue weighted by molar-refractivity contribution is 6.52. The van der Waals surface area contributed by atoms with Crippen molar-refractivity contribution in [2.24, 2.45) is 0 Å². The second-order valence-electron chi connectivity index (χ2n) is 9.27. The largest absolute Gasteiger partial charge is 0.507 e. The Bertz CT molecular complexity index is 1330. The molecule has 1 saturated heterocycles. The zero-order valence-electron chi connectivity index (χ0n) is 21.4. The van der Waals surface area contributed by atoms with Gasteiger partial charge in [0.2, 0.25) is 0 Å². The van der Waals surface area contributed by atoms with Gasteiger partial charge in [0.1, 0.15) is 11.5 Å². The van der Waals surface area contributed by atoms with E-state index < -0.39 is 17.7 Å². The Morgan fingerprint density at radius 1 is 0.972 bits per heavy atom. The minimum Gasteiger partial charge on any atom is -0.507 e. The summed E-state index contributed by atoms with van der Waals surface area (Å²) in [6, 6.07) is 19.6. The van der Waals surface area contributed by atoms with Crippen molar-refractivity contribution in [1.29, 1.82) is 0 Å². The van der Waals surface area contributed by atoms with Gasteiger partial charge in [-0.2, -0.15) is 0 Å². The average Bonchev–Trinajstić information content (AvgIpc) is 3.14. The molecule has 3 aromatic carbocycles. The van der Waals surface area contributed by atoms with Crippen LogP contribution in [0.15, 0.2) is 72.3 Å². The lowest BCUT2D eigenvalue weighted by Crippen LogP contribution is -2.30. The molecule has 3 aromatic rings. The second-order valence-corrected chi connectivity index (χ2v) is 9.27. The van der Waals surface area contributed by atoms with E-state index in [2.05, 4.69) is 0 Å². The number of ether oxygens (including phenoxy) is 1. The molecule has 1 fully saturated rings. The quantitative estimate of drug-likeness (QED) is 0.261. The zero-order chi connectivity index (χ0) is 26.0. The first-order valence-corrected chi connectivity index (χ1v) is 12.1. The number of aliphatic hydroxyl groups excluding tert-OH is 1. The molecule has 0 saturated carbocycles. The van der Waals surface area contributed by atoms with Crippen molar-refractivity contribution in [3.8, 4) is 5.75 Å². The van der Waals surface area contributed by atoms with Crippen LogP contribution in [-0.2, 0) is 9.59 Å². The summed E-state index contributed by atoms with van der Waals surface area (Å²) < 4.78 is 5.94. The molecule has 0 radical (unpaired) electrons. The number of nitrogens with zero attached hydrogens (tertiary/aromatic N) is 2. The highest BCUT2D eigenvalue weighted by Crippen LogP contribution is 2.45. The number of ketones is 1. The lowest BCUT2D eigenvalue weighted by Gasteiger charge is -2.27. The lowest BCUT2D eigenvalue weighted by atomic mass is 9.94. The van der Waals surface area contributed by atoms with E-state index in [9.17, 15) is 14.7 Å². The SMILES string of the molecule is CCCOc1ccccc1N1C(=O)C(=O)/C(=C(\O)c2ccc(C)c(C)c2)C1c1ccc(N(C)C)cc1. The summed E-state index contributed by atoms with van der Waals surface area (Å²) in [5.41, 5.74) is 4.82. The molecule has 1 heterocycles. The van der Waals surface area contributed by atoms with Gasteiger partial charge in [0, 0.05) is 25.3 Å². The maximum atomic E-state index is 13.5. The molecule has 6 heteroatoms. The number of aliphatic hydroxyl groups is 1. The predicted octanol–water partition coefficient (Wildman–Crippen LogP) is 5.78. The fourth-order valence-corrected chi connectivity index (χ4v) is 4.39. The molecule has 1 aliphatic rings. The Morgan fingerprint density at radius 3 is 2.31 bits per heavy atom. The molecule has 0 spiro atoms. The van der Waals surface area contributed by atoms with Crippen molar-refractivity contribution in [1.82, 2.24) is 0 Å². The minimum atomic E-state index is -0.811. The Hall–Kier alpha value is -4.06. The van der Waals surface area contributed by atoms with Crippen LogP contribution in [0, 0.1) is 13.8 Å². The highest BCUT2D eigenvalue weighted by Gasteiger charge is 2.47. The van der Waals surface area contributed by atoms with Gasteiger partial charge in [-0.05, 0) is 67.3 Å². The first kappa shape index (κ1) is 25.0. The summed E-state index contributed by atoms with van der Waals surface area (Å²) >= 11 is 0. The normalized spacial score (nSPS) is 16.9. The highest BCUT2D eigenvalue weighted by atomic mass is 16.5. The van der Waals surface area contributed by atoms with Gasteiger partial charge in [0.05, 0.1) is 23.9 Å². The monoisotopic (exact) mass is 484 g/mol. The molecule has 6 nitrogen and oxygen atoms in total. The van der Waals surface area contributed by atoms with Crippen LogP contribution < -0.4 is 14.5 Å². The first-order valence-electron chi connectivity index (χ1n) is 12.1. The van der Waals surface area contributed by atoms with Gasteiger partial charge in [-0.1, -0.05) is 43.3 Å². The molecular formula is C30H32N2O4. The summed E-state index contributed by atoms with van der Waals surface area (Å²) in [5.74, 6) is -1.10. The number of benzene rings is 3. The number of amides is 1. The van der Waals surface area contributed by atoms with Crippen molar-refractivity contribution in [3.63, 3.8) is 0 Å². The van der Waals surface area contributed by atoms with E-state index in [0.717, 1.165) is 28.8 Å². The first-order chi connectivity index (χ1) is 17.2. The standard InChI is InChI=1S/C30H32N2O4/c1-6-17-36-25-10-8-7-9-24(25)32-27(21-13-15-23(16-14-21)31(4)5)26(29(34)30(32)35)28(33)22-12-11-19(2)20(3)18-22/h7-16,18,27,33H,6,17H2,1-5H3/b28-26-. The van der Waals surface area contributed by atoms with Gasteiger partial charge in [-0.25, -0.2) is 0 Å². The van der Waals surface area contributed by atoms with Gasteiger partial charge in [-0.15, -0.1) is 0 Å². The summed E-state index contributed by atoms with van der Waals surface area (Å²) in [7, 11) is 3.89. The van der Waals surface area contributed by atoms with E-state index in [1.165, 1.54) is 4.90 Å². The van der Waals surface area contributed by atoms with Crippen LogP contribution in [-0.4, -0.2) is 37.5 Å². The molecule has 36 heavy (non-hydrogen) atoms. The second kappa shape index (κ2) is 10.3. The number of anilines is 2. The number of hydrogen-bond acceptors (Lipinski definition) is 5. The molecular weight excluding hydrogens is 452 g/mol. The van der Waals surface area contributed by atoms with Crippen molar-refractivity contribution in [2.75, 3.05) is 30.5 Å². The molecule has 1 unspecified atom stereocenters. The summed E-state index contributed by atoms with van der Waals surface area (Å²) in [6.07, 6.45) is 0.801. The van der Waals surface area contributed by atoms with Crippen LogP contribution in [0.4, 0.5) is 11.4 Å². The van der Waals surface area contributed by atoms with Crippen LogP contribution >= 0.6 is 0 Å². The van der Waals surface area contributed by atoms with E-state index in [1.54, 1.807) is 18.2 Å².